The lowest BCUT2D eigenvalue weighted by atomic mass is 9.96. The molecular weight excluding hydrogens is 401 g/mol. The van der Waals surface area contributed by atoms with Gasteiger partial charge in [-0.05, 0) is 38.5 Å². The third-order valence-electron chi connectivity index (χ3n) is 4.70. The molecule has 1 aliphatic rings. The first-order valence-corrected chi connectivity index (χ1v) is 9.23. The van der Waals surface area contributed by atoms with Crippen molar-refractivity contribution in [1.29, 1.82) is 0 Å². The normalized spacial score (nSPS) is 15.4. The molecule has 9 nitrogen and oxygen atoms in total. The summed E-state index contributed by atoms with van der Waals surface area (Å²) < 4.78 is 46.3. The topological polar surface area (TPSA) is 110 Å². The molecule has 4 rings (SSSR count). The first-order chi connectivity index (χ1) is 14.4. The largest absolute Gasteiger partial charge is 0.451 e. The third kappa shape index (κ3) is 3.90. The zero-order chi connectivity index (χ0) is 21.3. The summed E-state index contributed by atoms with van der Waals surface area (Å²) in [5.74, 6) is -1.25. The highest BCUT2D eigenvalue weighted by atomic mass is 19.4. The minimum Gasteiger partial charge on any atom is -0.374 e. The van der Waals surface area contributed by atoms with Crippen LogP contribution in [0.25, 0.3) is 29.1 Å². The van der Waals surface area contributed by atoms with Gasteiger partial charge in [0.2, 0.25) is 17.6 Å². The van der Waals surface area contributed by atoms with Gasteiger partial charge in [0.05, 0.1) is 30.9 Å². The van der Waals surface area contributed by atoms with Crippen molar-refractivity contribution in [3.63, 3.8) is 0 Å². The molecule has 0 amide bonds. The number of nitrogens with one attached hydrogen (secondary N) is 2. The van der Waals surface area contributed by atoms with Crippen molar-refractivity contribution < 1.29 is 17.9 Å². The maximum absolute atomic E-state index is 13.0. The Bertz CT molecular complexity index is 1060. The number of hydrogen-bond acceptors (Lipinski definition) is 6. The molecule has 3 aromatic heterocycles. The Kier molecular flexibility index (Phi) is 5.24. The Morgan fingerprint density at radius 3 is 2.77 bits per heavy atom. The van der Waals surface area contributed by atoms with Crippen LogP contribution in [0.15, 0.2) is 23.1 Å². The van der Waals surface area contributed by atoms with E-state index in [-0.39, 0.29) is 23.6 Å². The van der Waals surface area contributed by atoms with E-state index in [2.05, 4.69) is 36.7 Å². The standard InChI is InChI=1S/C18H19F3N8O/c1-10(8-30-11-4-3-5-11)7-29-14(12-6-23-9-24-12)13(25-17(29)22-2)15-26-16(28-27-15)18(19,20)21/h6-7,9,11H,2-5,8H2,1H3,(H,23,24)(H,26,27,28)/b10-7+. The van der Waals surface area contributed by atoms with E-state index in [9.17, 15) is 13.2 Å². The van der Waals surface area contributed by atoms with E-state index in [4.69, 9.17) is 4.74 Å². The molecule has 1 aliphatic carbocycles. The molecular formula is C18H19F3N8O. The number of aliphatic imine (C=N–C) groups is 1. The Hall–Kier alpha value is -3.28. The second-order valence-corrected chi connectivity index (χ2v) is 6.95. The lowest BCUT2D eigenvalue weighted by Gasteiger charge is -2.25. The first kappa shape index (κ1) is 20.0. The Labute approximate surface area is 169 Å². The number of aromatic amines is 2. The fourth-order valence-electron chi connectivity index (χ4n) is 2.99. The van der Waals surface area contributed by atoms with E-state index >= 15 is 0 Å². The van der Waals surface area contributed by atoms with Crippen LogP contribution < -0.4 is 0 Å². The molecule has 3 heterocycles. The van der Waals surface area contributed by atoms with Crippen molar-refractivity contribution in [1.82, 2.24) is 34.7 Å². The van der Waals surface area contributed by atoms with Crippen LogP contribution in [0.5, 0.6) is 0 Å². The van der Waals surface area contributed by atoms with Crippen LogP contribution in [0.1, 0.15) is 32.0 Å². The van der Waals surface area contributed by atoms with Crippen molar-refractivity contribution in [3.8, 4) is 22.9 Å². The molecule has 0 spiro atoms. The molecule has 0 aliphatic heterocycles. The van der Waals surface area contributed by atoms with E-state index in [1.165, 1.54) is 18.9 Å². The SMILES string of the molecule is C=Nc1nc(-c2n[nH]c(C(F)(F)F)n2)c(-c2cnc[nH]2)n1/C=C(\C)COC1CCC1. The van der Waals surface area contributed by atoms with Crippen molar-refractivity contribution in [2.24, 2.45) is 4.99 Å². The number of imidazole rings is 2. The summed E-state index contributed by atoms with van der Waals surface area (Å²) in [5.41, 5.74) is 1.90. The van der Waals surface area contributed by atoms with Gasteiger partial charge in [-0.3, -0.25) is 9.67 Å². The smallest absolute Gasteiger partial charge is 0.374 e. The zero-order valence-electron chi connectivity index (χ0n) is 16.1. The quantitative estimate of drug-likeness (QED) is 0.565. The molecule has 0 aromatic carbocycles. The van der Waals surface area contributed by atoms with Gasteiger partial charge in [0, 0.05) is 6.20 Å². The molecule has 0 atom stereocenters. The first-order valence-electron chi connectivity index (χ1n) is 9.23. The fourth-order valence-corrected chi connectivity index (χ4v) is 2.99. The Morgan fingerprint density at radius 2 is 2.20 bits per heavy atom. The van der Waals surface area contributed by atoms with Gasteiger partial charge in [-0.25, -0.2) is 19.9 Å². The molecule has 0 radical (unpaired) electrons. The van der Waals surface area contributed by atoms with Gasteiger partial charge >= 0.3 is 6.18 Å². The van der Waals surface area contributed by atoms with Gasteiger partial charge in [0.1, 0.15) is 11.4 Å². The fraction of sp³-hybridized carbons (Fsp3) is 0.389. The molecule has 3 aromatic rings. The van der Waals surface area contributed by atoms with Crippen molar-refractivity contribution >= 4 is 18.9 Å². The maximum atomic E-state index is 13.0. The summed E-state index contributed by atoms with van der Waals surface area (Å²) in [4.78, 5) is 18.7. The maximum Gasteiger partial charge on any atom is 0.451 e. The molecule has 0 saturated heterocycles. The zero-order valence-corrected chi connectivity index (χ0v) is 16.1. The predicted molar refractivity (Wildman–Crippen MR) is 103 cm³/mol. The summed E-state index contributed by atoms with van der Waals surface area (Å²) in [5, 5.41) is 5.60. The minimum atomic E-state index is -4.66. The van der Waals surface area contributed by atoms with E-state index in [1.807, 2.05) is 12.0 Å². The highest BCUT2D eigenvalue weighted by Gasteiger charge is 2.36. The van der Waals surface area contributed by atoms with Crippen LogP contribution in [0, 0.1) is 0 Å². The van der Waals surface area contributed by atoms with E-state index in [1.54, 1.807) is 10.8 Å². The Balaban J connectivity index is 1.77. The van der Waals surface area contributed by atoms with E-state index in [0.717, 1.165) is 18.4 Å². The van der Waals surface area contributed by atoms with Crippen molar-refractivity contribution in [2.45, 2.75) is 38.5 Å². The van der Waals surface area contributed by atoms with E-state index < -0.39 is 12.0 Å². The molecule has 1 saturated carbocycles. The summed E-state index contributed by atoms with van der Waals surface area (Å²) >= 11 is 0. The number of alkyl halides is 3. The molecule has 0 bridgehead atoms. The molecule has 1 fully saturated rings. The van der Waals surface area contributed by atoms with Crippen LogP contribution in [0.2, 0.25) is 0 Å². The molecule has 30 heavy (non-hydrogen) atoms. The predicted octanol–water partition coefficient (Wildman–Crippen LogP) is 3.84. The molecule has 12 heteroatoms. The summed E-state index contributed by atoms with van der Waals surface area (Å²) in [6.45, 7) is 5.82. The Morgan fingerprint density at radius 1 is 1.40 bits per heavy atom. The van der Waals surface area contributed by atoms with Gasteiger partial charge in [-0.2, -0.15) is 18.3 Å². The number of nitrogens with zero attached hydrogens (tertiary/aromatic N) is 6. The molecule has 0 unspecified atom stereocenters. The summed E-state index contributed by atoms with van der Waals surface area (Å²) in [7, 11) is 0. The number of H-pyrrole nitrogens is 2. The van der Waals surface area contributed by atoms with Gasteiger partial charge in [0.15, 0.2) is 0 Å². The van der Waals surface area contributed by atoms with Gasteiger partial charge in [-0.1, -0.05) is 0 Å². The minimum absolute atomic E-state index is 0.109. The van der Waals surface area contributed by atoms with Gasteiger partial charge in [0.25, 0.3) is 0 Å². The summed E-state index contributed by atoms with van der Waals surface area (Å²) in [6, 6.07) is 0. The van der Waals surface area contributed by atoms with E-state index in [0.29, 0.717) is 18.0 Å². The van der Waals surface area contributed by atoms with Crippen LogP contribution in [-0.2, 0) is 10.9 Å². The van der Waals surface area contributed by atoms with Crippen LogP contribution >= 0.6 is 0 Å². The second-order valence-electron chi connectivity index (χ2n) is 6.95. The molecule has 2 N–H and O–H groups in total. The third-order valence-corrected chi connectivity index (χ3v) is 4.70. The van der Waals surface area contributed by atoms with Crippen LogP contribution in [-0.4, -0.2) is 54.1 Å². The highest BCUT2D eigenvalue weighted by Crippen LogP contribution is 2.35. The second kappa shape index (κ2) is 7.86. The summed E-state index contributed by atoms with van der Waals surface area (Å²) in [6.07, 6.45) is 3.61. The average molecular weight is 420 g/mol. The van der Waals surface area contributed by atoms with Crippen LogP contribution in [0.4, 0.5) is 19.1 Å². The van der Waals surface area contributed by atoms with Crippen molar-refractivity contribution in [2.75, 3.05) is 6.61 Å². The van der Waals surface area contributed by atoms with Gasteiger partial charge < -0.3 is 9.72 Å². The van der Waals surface area contributed by atoms with Crippen molar-refractivity contribution in [3.05, 3.63) is 23.9 Å². The average Bonchev–Trinajstić information content (AvgIpc) is 3.38. The number of ether oxygens (including phenoxy) is 1. The lowest BCUT2D eigenvalue weighted by molar-refractivity contribution is -0.144. The number of hydrogen-bond donors (Lipinski definition) is 2. The van der Waals surface area contributed by atoms with Crippen LogP contribution in [0.3, 0.4) is 0 Å². The van der Waals surface area contributed by atoms with Gasteiger partial charge in [-0.15, -0.1) is 0 Å². The number of rotatable bonds is 7. The lowest BCUT2D eigenvalue weighted by Crippen LogP contribution is -2.22. The molecule has 158 valence electrons. The number of aromatic nitrogens is 7. The highest BCUT2D eigenvalue weighted by molar-refractivity contribution is 5.78. The monoisotopic (exact) mass is 420 g/mol. The number of halogens is 3.